The van der Waals surface area contributed by atoms with E-state index < -0.39 is 30.6 Å². The van der Waals surface area contributed by atoms with Crippen molar-refractivity contribution in [1.29, 1.82) is 0 Å². The molecule has 1 aromatic rings. The van der Waals surface area contributed by atoms with Crippen LogP contribution in [0.5, 0.6) is 0 Å². The van der Waals surface area contributed by atoms with Gasteiger partial charge in [0.25, 0.3) is 0 Å². The van der Waals surface area contributed by atoms with E-state index in [1.54, 1.807) is 49.9 Å². The fourth-order valence-electron chi connectivity index (χ4n) is 2.78. The van der Waals surface area contributed by atoms with Gasteiger partial charge in [-0.2, -0.15) is 13.2 Å². The van der Waals surface area contributed by atoms with Gasteiger partial charge in [-0.15, -0.1) is 0 Å². The molecule has 25 heavy (non-hydrogen) atoms. The van der Waals surface area contributed by atoms with E-state index in [4.69, 9.17) is 0 Å². The molecular formula is C17H22F3N3O2. The minimum atomic E-state index is -4.46. The van der Waals surface area contributed by atoms with Crippen LogP contribution in [-0.4, -0.2) is 48.6 Å². The first kappa shape index (κ1) is 19.1. The van der Waals surface area contributed by atoms with E-state index in [9.17, 15) is 22.8 Å². The predicted octanol–water partition coefficient (Wildman–Crippen LogP) is 2.88. The molecule has 1 aliphatic heterocycles. The molecule has 1 atom stereocenters. The van der Waals surface area contributed by atoms with E-state index in [0.717, 1.165) is 4.90 Å². The average Bonchev–Trinajstić information content (AvgIpc) is 2.61. The van der Waals surface area contributed by atoms with Gasteiger partial charge >= 0.3 is 6.18 Å². The van der Waals surface area contributed by atoms with E-state index in [1.165, 1.54) is 0 Å². The summed E-state index contributed by atoms with van der Waals surface area (Å²) in [5.74, 6) is -1.20. The summed E-state index contributed by atoms with van der Waals surface area (Å²) in [6.07, 6.45) is -4.46. The third-order valence-corrected chi connectivity index (χ3v) is 4.06. The first-order valence-electron chi connectivity index (χ1n) is 8.09. The van der Waals surface area contributed by atoms with Gasteiger partial charge < -0.3 is 15.1 Å². The van der Waals surface area contributed by atoms with Gasteiger partial charge in [0.15, 0.2) is 0 Å². The molecule has 1 heterocycles. The number of alkyl halides is 3. The van der Waals surface area contributed by atoms with E-state index in [0.29, 0.717) is 11.4 Å². The maximum absolute atomic E-state index is 12.8. The highest BCUT2D eigenvalue weighted by Crippen LogP contribution is 2.30. The maximum Gasteiger partial charge on any atom is 0.406 e. The number of nitrogens with one attached hydrogen (secondary N) is 1. The van der Waals surface area contributed by atoms with Gasteiger partial charge in [0.2, 0.25) is 11.8 Å². The predicted molar refractivity (Wildman–Crippen MR) is 89.4 cm³/mol. The summed E-state index contributed by atoms with van der Waals surface area (Å²) in [6.45, 7) is 3.57. The highest BCUT2D eigenvalue weighted by atomic mass is 19.4. The van der Waals surface area contributed by atoms with Crippen molar-refractivity contribution in [3.8, 4) is 0 Å². The number of benzene rings is 1. The fraction of sp³-hybridized carbons (Fsp3) is 0.529. The van der Waals surface area contributed by atoms with E-state index >= 15 is 0 Å². The molecule has 0 saturated heterocycles. The summed E-state index contributed by atoms with van der Waals surface area (Å²) < 4.78 is 38.3. The van der Waals surface area contributed by atoms with Gasteiger partial charge in [-0.3, -0.25) is 9.59 Å². The molecule has 2 amide bonds. The van der Waals surface area contributed by atoms with Crippen LogP contribution in [0.2, 0.25) is 0 Å². The number of nitrogens with zero attached hydrogens (tertiary/aromatic N) is 2. The zero-order valence-electron chi connectivity index (χ0n) is 14.4. The lowest BCUT2D eigenvalue weighted by molar-refractivity contribution is -0.163. The Labute approximate surface area is 144 Å². The molecule has 1 aliphatic rings. The average molecular weight is 357 g/mol. The Hall–Kier alpha value is -2.25. The highest BCUT2D eigenvalue weighted by molar-refractivity contribution is 5.98. The Bertz CT molecular complexity index is 646. The molecular weight excluding hydrogens is 335 g/mol. The summed E-state index contributed by atoms with van der Waals surface area (Å²) in [7, 11) is 0. The van der Waals surface area contributed by atoms with Crippen LogP contribution in [0.25, 0.3) is 0 Å². The lowest BCUT2D eigenvalue weighted by Crippen LogP contribution is -2.48. The quantitative estimate of drug-likeness (QED) is 0.902. The molecule has 1 aromatic carbocycles. The molecule has 0 bridgehead atoms. The second-order valence-corrected chi connectivity index (χ2v) is 6.52. The highest BCUT2D eigenvalue weighted by Gasteiger charge is 2.35. The number of hydrogen-bond donors (Lipinski definition) is 1. The van der Waals surface area contributed by atoms with Gasteiger partial charge in [-0.1, -0.05) is 19.1 Å². The van der Waals surface area contributed by atoms with E-state index in [-0.39, 0.29) is 19.0 Å². The van der Waals surface area contributed by atoms with Crippen LogP contribution >= 0.6 is 0 Å². The smallest absolute Gasteiger partial charge is 0.360 e. The van der Waals surface area contributed by atoms with Gasteiger partial charge in [0.05, 0.1) is 23.8 Å². The van der Waals surface area contributed by atoms with Gasteiger partial charge in [0, 0.05) is 12.6 Å². The molecule has 2 rings (SSSR count). The number of para-hydroxylation sites is 2. The van der Waals surface area contributed by atoms with Crippen molar-refractivity contribution >= 4 is 23.2 Å². The zero-order chi connectivity index (χ0) is 18.8. The summed E-state index contributed by atoms with van der Waals surface area (Å²) >= 11 is 0. The SMILES string of the molecule is CC1CN(CC(=O)N(CC(F)(F)F)C(C)C)c2ccccc2NC1=O. The van der Waals surface area contributed by atoms with E-state index in [1.807, 2.05) is 0 Å². The molecule has 0 radical (unpaired) electrons. The lowest BCUT2D eigenvalue weighted by Gasteiger charge is -2.32. The number of rotatable bonds is 4. The maximum atomic E-state index is 12.8. The third-order valence-electron chi connectivity index (χ3n) is 4.06. The fourth-order valence-corrected chi connectivity index (χ4v) is 2.78. The lowest BCUT2D eigenvalue weighted by atomic mass is 10.1. The van der Waals surface area contributed by atoms with E-state index in [2.05, 4.69) is 5.32 Å². The Morgan fingerprint density at radius 3 is 2.60 bits per heavy atom. The number of halogens is 3. The summed E-state index contributed by atoms with van der Waals surface area (Å²) in [4.78, 5) is 27.0. The standard InChI is InChI=1S/C17H22F3N3O2/c1-11(2)23(10-17(18,19)20)15(24)9-22-8-12(3)16(25)21-13-6-4-5-7-14(13)22/h4-7,11-12H,8-10H2,1-3H3,(H,21,25). The van der Waals surface area contributed by atoms with Crippen LogP contribution in [-0.2, 0) is 9.59 Å². The topological polar surface area (TPSA) is 52.7 Å². The van der Waals surface area contributed by atoms with Crippen LogP contribution in [0.1, 0.15) is 20.8 Å². The van der Waals surface area contributed by atoms with Crippen molar-refractivity contribution in [3.63, 3.8) is 0 Å². The molecule has 1 N–H and O–H groups in total. The molecule has 0 fully saturated rings. The van der Waals surface area contributed by atoms with Crippen molar-refractivity contribution in [2.75, 3.05) is 29.9 Å². The summed E-state index contributed by atoms with van der Waals surface area (Å²) in [6, 6.07) is 6.38. The first-order valence-corrected chi connectivity index (χ1v) is 8.09. The Morgan fingerprint density at radius 1 is 1.36 bits per heavy atom. The number of carbonyl (C=O) groups is 2. The molecule has 5 nitrogen and oxygen atoms in total. The summed E-state index contributed by atoms with van der Waals surface area (Å²) in [5, 5.41) is 2.78. The van der Waals surface area contributed by atoms with Crippen molar-refractivity contribution in [2.24, 2.45) is 5.92 Å². The molecule has 0 aromatic heterocycles. The molecule has 0 aliphatic carbocycles. The second-order valence-electron chi connectivity index (χ2n) is 6.52. The Morgan fingerprint density at radius 2 is 2.00 bits per heavy atom. The normalized spacial score (nSPS) is 17.8. The number of hydrogen-bond acceptors (Lipinski definition) is 3. The molecule has 138 valence electrons. The van der Waals surface area contributed by atoms with Gasteiger partial charge in [0.1, 0.15) is 6.54 Å². The zero-order valence-corrected chi connectivity index (χ0v) is 14.4. The minimum absolute atomic E-state index is 0.182. The van der Waals surface area contributed by atoms with Crippen LogP contribution in [0.15, 0.2) is 24.3 Å². The van der Waals surface area contributed by atoms with Crippen molar-refractivity contribution in [3.05, 3.63) is 24.3 Å². The first-order chi connectivity index (χ1) is 11.6. The van der Waals surface area contributed by atoms with Crippen LogP contribution < -0.4 is 10.2 Å². The molecule has 1 unspecified atom stereocenters. The monoisotopic (exact) mass is 357 g/mol. The molecule has 0 saturated carbocycles. The number of fused-ring (bicyclic) bond motifs is 1. The Kier molecular flexibility index (Phi) is 5.59. The number of carbonyl (C=O) groups excluding carboxylic acids is 2. The minimum Gasteiger partial charge on any atom is -0.360 e. The summed E-state index contributed by atoms with van der Waals surface area (Å²) in [5.41, 5.74) is 1.18. The number of anilines is 2. The second kappa shape index (κ2) is 7.33. The van der Waals surface area contributed by atoms with Gasteiger partial charge in [-0.05, 0) is 26.0 Å². The van der Waals surface area contributed by atoms with Gasteiger partial charge in [-0.25, -0.2) is 0 Å². The third kappa shape index (κ3) is 4.87. The van der Waals surface area contributed by atoms with Crippen molar-refractivity contribution in [2.45, 2.75) is 33.0 Å². The molecule has 0 spiro atoms. The Balaban J connectivity index is 2.24. The van der Waals surface area contributed by atoms with Crippen LogP contribution in [0.4, 0.5) is 24.5 Å². The molecule has 8 heteroatoms. The van der Waals surface area contributed by atoms with Crippen molar-refractivity contribution in [1.82, 2.24) is 4.90 Å². The largest absolute Gasteiger partial charge is 0.406 e. The number of amides is 2. The van der Waals surface area contributed by atoms with Crippen LogP contribution in [0.3, 0.4) is 0 Å². The van der Waals surface area contributed by atoms with Crippen LogP contribution in [0, 0.1) is 5.92 Å². The van der Waals surface area contributed by atoms with Crippen molar-refractivity contribution < 1.29 is 22.8 Å².